The molecule has 94 valence electrons. The lowest BCUT2D eigenvalue weighted by atomic mass is 9.95. The Morgan fingerprint density at radius 1 is 1.38 bits per heavy atom. The molecule has 2 saturated heterocycles. The number of hydrogen-bond donors (Lipinski definition) is 1. The van der Waals surface area contributed by atoms with Crippen molar-refractivity contribution in [1.29, 1.82) is 0 Å². The maximum atomic E-state index is 5.61. The van der Waals surface area contributed by atoms with Crippen molar-refractivity contribution in [3.8, 4) is 0 Å². The van der Waals surface area contributed by atoms with Crippen LogP contribution in [0, 0.1) is 11.8 Å². The largest absolute Gasteiger partial charge is 0.381 e. The fourth-order valence-electron chi connectivity index (χ4n) is 3.10. The van der Waals surface area contributed by atoms with Crippen LogP contribution in [0.5, 0.6) is 0 Å². The van der Waals surface area contributed by atoms with Gasteiger partial charge in [0.1, 0.15) is 0 Å². The van der Waals surface area contributed by atoms with E-state index < -0.39 is 0 Å². The maximum Gasteiger partial charge on any atom is 0.0521 e. The minimum Gasteiger partial charge on any atom is -0.381 e. The van der Waals surface area contributed by atoms with E-state index in [0.717, 1.165) is 19.1 Å². The highest BCUT2D eigenvalue weighted by molar-refractivity contribution is 4.84. The average molecular weight is 226 g/mol. The van der Waals surface area contributed by atoms with E-state index in [-0.39, 0.29) is 0 Å². The Morgan fingerprint density at radius 3 is 2.94 bits per heavy atom. The fourth-order valence-corrected chi connectivity index (χ4v) is 3.10. The van der Waals surface area contributed by atoms with Crippen LogP contribution in [0.2, 0.25) is 0 Å². The zero-order valence-electron chi connectivity index (χ0n) is 10.7. The Labute approximate surface area is 99.5 Å². The Morgan fingerprint density at radius 2 is 2.25 bits per heavy atom. The van der Waals surface area contributed by atoms with Crippen LogP contribution in [-0.4, -0.2) is 50.8 Å². The summed E-state index contributed by atoms with van der Waals surface area (Å²) in [6.07, 6.45) is 3.91. The lowest BCUT2D eigenvalue weighted by Gasteiger charge is -2.34. The van der Waals surface area contributed by atoms with E-state index >= 15 is 0 Å². The van der Waals surface area contributed by atoms with E-state index in [1.807, 2.05) is 0 Å². The summed E-state index contributed by atoms with van der Waals surface area (Å²) >= 11 is 0. The van der Waals surface area contributed by atoms with Gasteiger partial charge in [0.05, 0.1) is 6.61 Å². The van der Waals surface area contributed by atoms with Gasteiger partial charge >= 0.3 is 0 Å². The summed E-state index contributed by atoms with van der Waals surface area (Å²) in [5.74, 6) is 1.63. The number of rotatable bonds is 4. The van der Waals surface area contributed by atoms with Gasteiger partial charge in [-0.25, -0.2) is 0 Å². The second-order valence-corrected chi connectivity index (χ2v) is 5.34. The molecule has 0 aromatic rings. The molecule has 0 radical (unpaired) electrons. The van der Waals surface area contributed by atoms with Crippen molar-refractivity contribution in [3.05, 3.63) is 0 Å². The summed E-state index contributed by atoms with van der Waals surface area (Å²) in [6.45, 7) is 8.02. The molecule has 3 heteroatoms. The number of hydrogen-bond acceptors (Lipinski definition) is 3. The third-order valence-electron chi connectivity index (χ3n) is 4.28. The van der Waals surface area contributed by atoms with Crippen LogP contribution in [0.1, 0.15) is 26.2 Å². The molecular formula is C13H26N2O. The van der Waals surface area contributed by atoms with E-state index in [1.165, 1.54) is 38.9 Å². The Kier molecular flexibility index (Phi) is 4.62. The molecule has 2 rings (SSSR count). The van der Waals surface area contributed by atoms with Crippen LogP contribution >= 0.6 is 0 Å². The van der Waals surface area contributed by atoms with Crippen molar-refractivity contribution in [3.63, 3.8) is 0 Å². The number of nitrogens with one attached hydrogen (secondary N) is 1. The van der Waals surface area contributed by atoms with Crippen molar-refractivity contribution >= 4 is 0 Å². The zero-order valence-corrected chi connectivity index (χ0v) is 10.7. The third kappa shape index (κ3) is 2.96. The van der Waals surface area contributed by atoms with Gasteiger partial charge in [-0.05, 0) is 32.4 Å². The number of likely N-dealkylation sites (tertiary alicyclic amines) is 1. The lowest BCUT2D eigenvalue weighted by molar-refractivity contribution is 0.0210. The molecule has 2 fully saturated rings. The quantitative estimate of drug-likeness (QED) is 0.783. The lowest BCUT2D eigenvalue weighted by Crippen LogP contribution is -2.46. The van der Waals surface area contributed by atoms with Gasteiger partial charge in [-0.1, -0.05) is 13.3 Å². The van der Waals surface area contributed by atoms with Gasteiger partial charge in [0.15, 0.2) is 0 Å². The number of nitrogens with zero attached hydrogens (tertiary/aromatic N) is 1. The Balaban J connectivity index is 1.79. The summed E-state index contributed by atoms with van der Waals surface area (Å²) in [4.78, 5) is 2.64. The molecule has 1 N–H and O–H groups in total. The summed E-state index contributed by atoms with van der Waals surface area (Å²) < 4.78 is 5.61. The summed E-state index contributed by atoms with van der Waals surface area (Å²) in [5, 5.41) is 3.45. The van der Waals surface area contributed by atoms with Crippen LogP contribution in [0.4, 0.5) is 0 Å². The minimum absolute atomic E-state index is 0.662. The van der Waals surface area contributed by atoms with Crippen LogP contribution in [-0.2, 0) is 4.74 Å². The molecule has 0 aliphatic carbocycles. The van der Waals surface area contributed by atoms with Crippen LogP contribution in [0.25, 0.3) is 0 Å². The van der Waals surface area contributed by atoms with Gasteiger partial charge in [0.25, 0.3) is 0 Å². The maximum absolute atomic E-state index is 5.61. The molecule has 3 unspecified atom stereocenters. The van der Waals surface area contributed by atoms with E-state index in [4.69, 9.17) is 4.74 Å². The summed E-state index contributed by atoms with van der Waals surface area (Å²) in [6, 6.07) is 0.662. The van der Waals surface area contributed by atoms with Gasteiger partial charge < -0.3 is 15.0 Å². The third-order valence-corrected chi connectivity index (χ3v) is 4.28. The molecule has 0 amide bonds. The van der Waals surface area contributed by atoms with E-state index in [0.29, 0.717) is 12.0 Å². The van der Waals surface area contributed by atoms with Gasteiger partial charge in [0.2, 0.25) is 0 Å². The standard InChI is InChI=1S/C13H26N2O/c1-3-11-4-6-15(8-11)9-12-10-16-7-5-13(12)14-2/h11-14H,3-10H2,1-2H3. The van der Waals surface area contributed by atoms with Crippen LogP contribution in [0.15, 0.2) is 0 Å². The molecule has 0 saturated carbocycles. The molecule has 2 aliphatic rings. The first-order valence-corrected chi connectivity index (χ1v) is 6.80. The predicted molar refractivity (Wildman–Crippen MR) is 66.6 cm³/mol. The topological polar surface area (TPSA) is 24.5 Å². The molecule has 2 aliphatic heterocycles. The minimum atomic E-state index is 0.662. The smallest absolute Gasteiger partial charge is 0.0521 e. The average Bonchev–Trinajstić information content (AvgIpc) is 2.77. The van der Waals surface area contributed by atoms with Gasteiger partial charge in [0, 0.05) is 31.7 Å². The van der Waals surface area contributed by atoms with Gasteiger partial charge in [-0.15, -0.1) is 0 Å². The highest BCUT2D eigenvalue weighted by atomic mass is 16.5. The molecule has 2 heterocycles. The molecule has 0 spiro atoms. The summed E-state index contributed by atoms with van der Waals surface area (Å²) in [5.41, 5.74) is 0. The molecule has 0 aromatic heterocycles. The Bertz CT molecular complexity index is 210. The fraction of sp³-hybridized carbons (Fsp3) is 1.00. The van der Waals surface area contributed by atoms with E-state index in [9.17, 15) is 0 Å². The van der Waals surface area contributed by atoms with Crippen molar-refractivity contribution in [2.45, 2.75) is 32.2 Å². The highest BCUT2D eigenvalue weighted by Gasteiger charge is 2.29. The second kappa shape index (κ2) is 5.99. The van der Waals surface area contributed by atoms with Gasteiger partial charge in [-0.2, -0.15) is 0 Å². The monoisotopic (exact) mass is 226 g/mol. The molecule has 16 heavy (non-hydrogen) atoms. The van der Waals surface area contributed by atoms with E-state index in [1.54, 1.807) is 0 Å². The SMILES string of the molecule is CCC1CCN(CC2COCCC2NC)C1. The van der Waals surface area contributed by atoms with Crippen molar-refractivity contribution in [1.82, 2.24) is 10.2 Å². The second-order valence-electron chi connectivity index (χ2n) is 5.34. The van der Waals surface area contributed by atoms with Crippen molar-refractivity contribution < 1.29 is 4.74 Å². The zero-order chi connectivity index (χ0) is 11.4. The number of ether oxygens (including phenoxy) is 1. The van der Waals surface area contributed by atoms with Crippen LogP contribution in [0.3, 0.4) is 0 Å². The molecule has 3 nitrogen and oxygen atoms in total. The van der Waals surface area contributed by atoms with Gasteiger partial charge in [-0.3, -0.25) is 0 Å². The molecular weight excluding hydrogens is 200 g/mol. The predicted octanol–water partition coefficient (Wildman–Crippen LogP) is 1.34. The van der Waals surface area contributed by atoms with Crippen LogP contribution < -0.4 is 5.32 Å². The van der Waals surface area contributed by atoms with Crippen molar-refractivity contribution in [2.75, 3.05) is 39.9 Å². The summed E-state index contributed by atoms with van der Waals surface area (Å²) in [7, 11) is 2.09. The first kappa shape index (κ1) is 12.3. The normalized spacial score (nSPS) is 36.8. The van der Waals surface area contributed by atoms with E-state index in [2.05, 4.69) is 24.2 Å². The molecule has 0 aromatic carbocycles. The first-order valence-electron chi connectivity index (χ1n) is 6.80. The van der Waals surface area contributed by atoms with Crippen molar-refractivity contribution in [2.24, 2.45) is 11.8 Å². The molecule has 0 bridgehead atoms. The molecule has 3 atom stereocenters. The highest BCUT2D eigenvalue weighted by Crippen LogP contribution is 2.22. The Hall–Kier alpha value is -0.120. The first-order chi connectivity index (χ1) is 7.83.